The molecule has 1 aromatic carbocycles. The standard InChI is InChI=1S/C19H24FNO4/c1-2-25-19(24)13-16-5-3-4-12-21(16)18(23)11-10-17(22)14-6-8-15(20)9-7-14/h6-9,16H,2-5,10-13H2,1H3/t16-/m0/s1. The Labute approximate surface area is 147 Å². The SMILES string of the molecule is CCOC(=O)C[C@@H]1CCCCN1C(=O)CCC(=O)c1ccc(F)cc1. The van der Waals surface area contributed by atoms with E-state index in [1.807, 2.05) is 0 Å². The molecule has 0 spiro atoms. The van der Waals surface area contributed by atoms with Gasteiger partial charge in [-0.3, -0.25) is 14.4 Å². The third-order valence-electron chi connectivity index (χ3n) is 4.39. The van der Waals surface area contributed by atoms with Gasteiger partial charge in [0.15, 0.2) is 5.78 Å². The zero-order valence-electron chi connectivity index (χ0n) is 14.5. The minimum absolute atomic E-state index is 0.0765. The second-order valence-electron chi connectivity index (χ2n) is 6.18. The molecule has 0 aromatic heterocycles. The summed E-state index contributed by atoms with van der Waals surface area (Å²) in [7, 11) is 0. The van der Waals surface area contributed by atoms with Crippen molar-refractivity contribution >= 4 is 17.7 Å². The zero-order valence-corrected chi connectivity index (χ0v) is 14.5. The maximum atomic E-state index is 12.9. The smallest absolute Gasteiger partial charge is 0.307 e. The molecule has 0 N–H and O–H groups in total. The topological polar surface area (TPSA) is 63.7 Å². The number of Topliss-reactive ketones (excluding diaryl/α,β-unsaturated/α-hetero) is 1. The van der Waals surface area contributed by atoms with Crippen LogP contribution in [0, 0.1) is 5.82 Å². The summed E-state index contributed by atoms with van der Waals surface area (Å²) in [5, 5.41) is 0. The number of piperidine rings is 1. The molecule has 0 bridgehead atoms. The van der Waals surface area contributed by atoms with Crippen LogP contribution in [-0.2, 0) is 14.3 Å². The predicted molar refractivity (Wildman–Crippen MR) is 90.6 cm³/mol. The predicted octanol–water partition coefficient (Wildman–Crippen LogP) is 3.12. The van der Waals surface area contributed by atoms with Crippen molar-refractivity contribution in [2.24, 2.45) is 0 Å². The summed E-state index contributed by atoms with van der Waals surface area (Å²) >= 11 is 0. The van der Waals surface area contributed by atoms with Crippen molar-refractivity contribution in [3.63, 3.8) is 0 Å². The Balaban J connectivity index is 1.89. The quantitative estimate of drug-likeness (QED) is 0.560. The van der Waals surface area contributed by atoms with Gasteiger partial charge in [-0.2, -0.15) is 0 Å². The summed E-state index contributed by atoms with van der Waals surface area (Å²) in [6.07, 6.45) is 3.02. The molecular formula is C19H24FNO4. The fraction of sp³-hybridized carbons (Fsp3) is 0.526. The second-order valence-corrected chi connectivity index (χ2v) is 6.18. The minimum Gasteiger partial charge on any atom is -0.466 e. The summed E-state index contributed by atoms with van der Waals surface area (Å²) in [5.41, 5.74) is 0.399. The Morgan fingerprint density at radius 2 is 1.88 bits per heavy atom. The summed E-state index contributed by atoms with van der Waals surface area (Å²) < 4.78 is 17.9. The van der Waals surface area contributed by atoms with Gasteiger partial charge in [-0.1, -0.05) is 0 Å². The van der Waals surface area contributed by atoms with Crippen LogP contribution < -0.4 is 0 Å². The van der Waals surface area contributed by atoms with E-state index in [4.69, 9.17) is 4.74 Å². The highest BCUT2D eigenvalue weighted by molar-refractivity contribution is 5.98. The lowest BCUT2D eigenvalue weighted by atomic mass is 9.98. The molecule has 5 nitrogen and oxygen atoms in total. The van der Waals surface area contributed by atoms with Crippen molar-refractivity contribution in [1.82, 2.24) is 4.90 Å². The fourth-order valence-electron chi connectivity index (χ4n) is 3.10. The molecule has 1 aliphatic rings. The molecule has 1 atom stereocenters. The number of nitrogens with zero attached hydrogens (tertiary/aromatic N) is 1. The number of esters is 1. The highest BCUT2D eigenvalue weighted by atomic mass is 19.1. The van der Waals surface area contributed by atoms with E-state index in [9.17, 15) is 18.8 Å². The van der Waals surface area contributed by atoms with Gasteiger partial charge in [0.1, 0.15) is 5.82 Å². The van der Waals surface area contributed by atoms with E-state index in [0.717, 1.165) is 19.3 Å². The van der Waals surface area contributed by atoms with E-state index in [2.05, 4.69) is 0 Å². The van der Waals surface area contributed by atoms with Crippen LogP contribution in [-0.4, -0.2) is 41.8 Å². The average molecular weight is 349 g/mol. The number of halogens is 1. The van der Waals surface area contributed by atoms with Gasteiger partial charge in [0.25, 0.3) is 0 Å². The van der Waals surface area contributed by atoms with Gasteiger partial charge >= 0.3 is 5.97 Å². The summed E-state index contributed by atoms with van der Waals surface area (Å²) in [4.78, 5) is 38.0. The van der Waals surface area contributed by atoms with E-state index in [0.29, 0.717) is 18.7 Å². The lowest BCUT2D eigenvalue weighted by Crippen LogP contribution is -2.45. The van der Waals surface area contributed by atoms with E-state index in [1.165, 1.54) is 24.3 Å². The molecule has 2 rings (SSSR count). The summed E-state index contributed by atoms with van der Waals surface area (Å²) in [5.74, 6) is -1.01. The maximum Gasteiger partial charge on any atom is 0.307 e. The number of hydrogen-bond donors (Lipinski definition) is 0. The maximum absolute atomic E-state index is 12.9. The van der Waals surface area contributed by atoms with Gasteiger partial charge in [0.05, 0.1) is 13.0 Å². The highest BCUT2D eigenvalue weighted by Crippen LogP contribution is 2.22. The Kier molecular flexibility index (Phi) is 7.10. The first-order valence-corrected chi connectivity index (χ1v) is 8.75. The fourth-order valence-corrected chi connectivity index (χ4v) is 3.10. The van der Waals surface area contributed by atoms with Crippen LogP contribution in [0.1, 0.15) is 55.8 Å². The zero-order chi connectivity index (χ0) is 18.2. The van der Waals surface area contributed by atoms with E-state index < -0.39 is 5.82 Å². The van der Waals surface area contributed by atoms with E-state index >= 15 is 0 Å². The number of ether oxygens (including phenoxy) is 1. The van der Waals surface area contributed by atoms with Gasteiger partial charge < -0.3 is 9.64 Å². The lowest BCUT2D eigenvalue weighted by molar-refractivity contribution is -0.146. The van der Waals surface area contributed by atoms with Crippen LogP contribution in [0.2, 0.25) is 0 Å². The molecule has 25 heavy (non-hydrogen) atoms. The minimum atomic E-state index is -0.400. The van der Waals surface area contributed by atoms with Crippen LogP contribution >= 0.6 is 0 Å². The molecule has 1 aliphatic heterocycles. The van der Waals surface area contributed by atoms with Gasteiger partial charge in [-0.15, -0.1) is 0 Å². The van der Waals surface area contributed by atoms with Gasteiger partial charge in [-0.05, 0) is 50.5 Å². The number of amides is 1. The Bertz CT molecular complexity index is 614. The first-order valence-electron chi connectivity index (χ1n) is 8.75. The van der Waals surface area contributed by atoms with Crippen molar-refractivity contribution in [2.45, 2.75) is 51.5 Å². The second kappa shape index (κ2) is 9.30. The molecule has 0 radical (unpaired) electrons. The number of benzene rings is 1. The number of hydrogen-bond acceptors (Lipinski definition) is 4. The van der Waals surface area contributed by atoms with E-state index in [-0.39, 0.29) is 43.0 Å². The van der Waals surface area contributed by atoms with Gasteiger partial charge in [-0.25, -0.2) is 4.39 Å². The van der Waals surface area contributed by atoms with Crippen LogP contribution in [0.5, 0.6) is 0 Å². The van der Waals surface area contributed by atoms with Crippen LogP contribution in [0.3, 0.4) is 0 Å². The highest BCUT2D eigenvalue weighted by Gasteiger charge is 2.29. The molecule has 136 valence electrons. The Hall–Kier alpha value is -2.24. The van der Waals surface area contributed by atoms with Crippen molar-refractivity contribution in [2.75, 3.05) is 13.2 Å². The molecule has 6 heteroatoms. The van der Waals surface area contributed by atoms with Crippen LogP contribution in [0.4, 0.5) is 4.39 Å². The molecule has 1 aromatic rings. The average Bonchev–Trinajstić information content (AvgIpc) is 2.60. The number of ketones is 1. The van der Waals surface area contributed by atoms with Crippen LogP contribution in [0.25, 0.3) is 0 Å². The van der Waals surface area contributed by atoms with Crippen LogP contribution in [0.15, 0.2) is 24.3 Å². The number of likely N-dealkylation sites (tertiary alicyclic amines) is 1. The van der Waals surface area contributed by atoms with E-state index in [1.54, 1.807) is 11.8 Å². The van der Waals surface area contributed by atoms with Gasteiger partial charge in [0.2, 0.25) is 5.91 Å². The number of carbonyl (C=O) groups excluding carboxylic acids is 3. The van der Waals surface area contributed by atoms with Gasteiger partial charge in [0, 0.05) is 31.0 Å². The molecule has 1 fully saturated rings. The molecule has 0 saturated carbocycles. The third-order valence-corrected chi connectivity index (χ3v) is 4.39. The lowest BCUT2D eigenvalue weighted by Gasteiger charge is -2.35. The molecule has 1 saturated heterocycles. The van der Waals surface area contributed by atoms with Crippen molar-refractivity contribution in [3.05, 3.63) is 35.6 Å². The largest absolute Gasteiger partial charge is 0.466 e. The van der Waals surface area contributed by atoms with Crippen molar-refractivity contribution < 1.29 is 23.5 Å². The molecule has 0 unspecified atom stereocenters. The van der Waals surface area contributed by atoms with Crippen molar-refractivity contribution in [1.29, 1.82) is 0 Å². The normalized spacial score (nSPS) is 17.2. The number of carbonyl (C=O) groups is 3. The first kappa shape index (κ1) is 19.1. The number of rotatable bonds is 7. The summed E-state index contributed by atoms with van der Waals surface area (Å²) in [6.45, 7) is 2.68. The Morgan fingerprint density at radius 1 is 1.16 bits per heavy atom. The first-order chi connectivity index (χ1) is 12.0. The Morgan fingerprint density at radius 3 is 2.56 bits per heavy atom. The monoisotopic (exact) mass is 349 g/mol. The molecule has 1 heterocycles. The summed E-state index contributed by atoms with van der Waals surface area (Å²) in [6, 6.07) is 5.16. The third kappa shape index (κ3) is 5.66. The van der Waals surface area contributed by atoms with Crippen molar-refractivity contribution in [3.8, 4) is 0 Å². The molecular weight excluding hydrogens is 325 g/mol. The molecule has 1 amide bonds. The molecule has 0 aliphatic carbocycles.